The average molecular weight is 252 g/mol. The molecule has 0 aliphatic carbocycles. The molecule has 100 valence electrons. The fourth-order valence-corrected chi connectivity index (χ4v) is 1.38. The lowest BCUT2D eigenvalue weighted by Gasteiger charge is -2.19. The number of aliphatic hydroxyl groups is 1. The molecule has 0 aliphatic heterocycles. The summed E-state index contributed by atoms with van der Waals surface area (Å²) in [5.74, 6) is -0.123. The molecule has 0 bridgehead atoms. The van der Waals surface area contributed by atoms with Gasteiger partial charge in [0.15, 0.2) is 0 Å². The summed E-state index contributed by atoms with van der Waals surface area (Å²) < 4.78 is 1.41. The van der Waals surface area contributed by atoms with Crippen LogP contribution >= 0.6 is 0 Å². The van der Waals surface area contributed by atoms with E-state index >= 15 is 0 Å². The van der Waals surface area contributed by atoms with Gasteiger partial charge in [-0.25, -0.2) is 0 Å². The van der Waals surface area contributed by atoms with Crippen molar-refractivity contribution in [1.29, 1.82) is 0 Å². The smallest absolute Gasteiger partial charge is 0.250 e. The Hall–Kier alpha value is -1.62. The quantitative estimate of drug-likeness (QED) is 0.813. The third-order valence-corrected chi connectivity index (χ3v) is 2.49. The van der Waals surface area contributed by atoms with Gasteiger partial charge in [0.2, 0.25) is 5.91 Å². The first-order valence-corrected chi connectivity index (χ1v) is 5.92. The molecule has 1 rings (SSSR count). The van der Waals surface area contributed by atoms with Crippen molar-refractivity contribution in [2.24, 2.45) is 5.41 Å². The highest BCUT2D eigenvalue weighted by atomic mass is 16.3. The SMILES string of the molecule is CC(C)(C)C(=O)NCC(O)Cn1ccccc1=O. The third kappa shape index (κ3) is 4.33. The molecule has 0 aromatic carbocycles. The molecule has 5 nitrogen and oxygen atoms in total. The van der Waals surface area contributed by atoms with Crippen molar-refractivity contribution >= 4 is 5.91 Å². The van der Waals surface area contributed by atoms with E-state index in [4.69, 9.17) is 0 Å². The summed E-state index contributed by atoms with van der Waals surface area (Å²) in [6.07, 6.45) is 0.827. The zero-order valence-electron chi connectivity index (χ0n) is 11.0. The maximum atomic E-state index is 11.6. The molecule has 5 heteroatoms. The molecule has 0 saturated heterocycles. The van der Waals surface area contributed by atoms with Crippen molar-refractivity contribution in [3.8, 4) is 0 Å². The molecule has 1 aromatic rings. The summed E-state index contributed by atoms with van der Waals surface area (Å²) in [7, 11) is 0. The number of nitrogens with one attached hydrogen (secondary N) is 1. The predicted molar refractivity (Wildman–Crippen MR) is 69.2 cm³/mol. The Bertz CT molecular complexity index is 460. The van der Waals surface area contributed by atoms with E-state index in [-0.39, 0.29) is 24.6 Å². The van der Waals surface area contributed by atoms with Crippen LogP contribution in [0.5, 0.6) is 0 Å². The van der Waals surface area contributed by atoms with Gasteiger partial charge in [-0.1, -0.05) is 26.8 Å². The van der Waals surface area contributed by atoms with E-state index in [1.54, 1.807) is 39.1 Å². The van der Waals surface area contributed by atoms with E-state index in [1.807, 2.05) is 0 Å². The lowest BCUT2D eigenvalue weighted by Crippen LogP contribution is -2.41. The van der Waals surface area contributed by atoms with Crippen LogP contribution in [0.1, 0.15) is 20.8 Å². The zero-order valence-corrected chi connectivity index (χ0v) is 11.0. The molecular formula is C13H20N2O3. The number of hydrogen-bond acceptors (Lipinski definition) is 3. The Balaban J connectivity index is 2.49. The van der Waals surface area contributed by atoms with Gasteiger partial charge >= 0.3 is 0 Å². The largest absolute Gasteiger partial charge is 0.389 e. The number of amides is 1. The van der Waals surface area contributed by atoms with Crippen LogP contribution in [0.25, 0.3) is 0 Å². The molecule has 18 heavy (non-hydrogen) atoms. The van der Waals surface area contributed by atoms with Crippen LogP contribution in [0.15, 0.2) is 29.2 Å². The third-order valence-electron chi connectivity index (χ3n) is 2.49. The molecule has 1 atom stereocenters. The van der Waals surface area contributed by atoms with Crippen LogP contribution < -0.4 is 10.9 Å². The van der Waals surface area contributed by atoms with E-state index in [1.165, 1.54) is 10.6 Å². The Morgan fingerprint density at radius 1 is 1.44 bits per heavy atom. The molecule has 1 aromatic heterocycles. The molecule has 1 unspecified atom stereocenters. The zero-order chi connectivity index (χ0) is 13.8. The average Bonchev–Trinajstić information content (AvgIpc) is 2.27. The Labute approximate surface area is 106 Å². The molecule has 1 heterocycles. The lowest BCUT2D eigenvalue weighted by molar-refractivity contribution is -0.129. The molecule has 0 radical (unpaired) electrons. The van der Waals surface area contributed by atoms with E-state index in [9.17, 15) is 14.7 Å². The number of pyridine rings is 1. The number of hydrogen-bond donors (Lipinski definition) is 2. The van der Waals surface area contributed by atoms with Crippen LogP contribution in [0.4, 0.5) is 0 Å². The number of carbonyl (C=O) groups is 1. The first-order valence-electron chi connectivity index (χ1n) is 5.92. The van der Waals surface area contributed by atoms with Gasteiger partial charge in [0.05, 0.1) is 12.6 Å². The predicted octanol–water partition coefficient (Wildman–Crippen LogP) is 0.371. The molecule has 2 N–H and O–H groups in total. The minimum atomic E-state index is -0.781. The minimum absolute atomic E-state index is 0.123. The van der Waals surface area contributed by atoms with Gasteiger partial charge in [0, 0.05) is 24.2 Å². The molecule has 1 amide bonds. The Kier molecular flexibility index (Phi) is 4.67. The minimum Gasteiger partial charge on any atom is -0.389 e. The van der Waals surface area contributed by atoms with Crippen molar-refractivity contribution in [3.05, 3.63) is 34.7 Å². The van der Waals surface area contributed by atoms with Crippen LogP contribution in [0, 0.1) is 5.41 Å². The van der Waals surface area contributed by atoms with Gasteiger partial charge in [0.1, 0.15) is 0 Å². The number of aromatic nitrogens is 1. The number of aliphatic hydroxyl groups excluding tert-OH is 1. The summed E-state index contributed by atoms with van der Waals surface area (Å²) in [5.41, 5.74) is -0.651. The molecule has 0 saturated carbocycles. The monoisotopic (exact) mass is 252 g/mol. The molecule has 0 fully saturated rings. The standard InChI is InChI=1S/C13H20N2O3/c1-13(2,3)12(18)14-8-10(16)9-15-7-5-4-6-11(15)17/h4-7,10,16H,8-9H2,1-3H3,(H,14,18). The summed E-state index contributed by atoms with van der Waals surface area (Å²) >= 11 is 0. The van der Waals surface area contributed by atoms with Crippen LogP contribution in [0.2, 0.25) is 0 Å². The number of nitrogens with zero attached hydrogens (tertiary/aromatic N) is 1. The highest BCUT2D eigenvalue weighted by molar-refractivity contribution is 5.81. The van der Waals surface area contributed by atoms with Gasteiger partial charge in [-0.3, -0.25) is 9.59 Å². The molecule has 0 aliphatic rings. The number of rotatable bonds is 4. The van der Waals surface area contributed by atoms with Gasteiger partial charge in [-0.2, -0.15) is 0 Å². The summed E-state index contributed by atoms with van der Waals surface area (Å²) in [6.45, 7) is 5.71. The normalized spacial score (nSPS) is 13.1. The molecular weight excluding hydrogens is 232 g/mol. The van der Waals surface area contributed by atoms with Crippen molar-refractivity contribution in [2.75, 3.05) is 6.54 Å². The fourth-order valence-electron chi connectivity index (χ4n) is 1.38. The van der Waals surface area contributed by atoms with Crippen molar-refractivity contribution in [1.82, 2.24) is 9.88 Å². The second-order valence-corrected chi connectivity index (χ2v) is 5.31. The topological polar surface area (TPSA) is 71.3 Å². The van der Waals surface area contributed by atoms with Crippen LogP contribution in [0.3, 0.4) is 0 Å². The maximum absolute atomic E-state index is 11.6. The second kappa shape index (κ2) is 5.82. The highest BCUT2D eigenvalue weighted by Crippen LogP contribution is 2.12. The van der Waals surface area contributed by atoms with E-state index in [2.05, 4.69) is 5.32 Å². The van der Waals surface area contributed by atoms with Gasteiger partial charge in [-0.15, -0.1) is 0 Å². The highest BCUT2D eigenvalue weighted by Gasteiger charge is 2.21. The van der Waals surface area contributed by atoms with E-state index in [0.717, 1.165) is 0 Å². The maximum Gasteiger partial charge on any atom is 0.250 e. The summed E-state index contributed by atoms with van der Waals surface area (Å²) in [6, 6.07) is 4.80. The first-order chi connectivity index (χ1) is 8.30. The van der Waals surface area contributed by atoms with Gasteiger partial charge < -0.3 is 15.0 Å². The Morgan fingerprint density at radius 2 is 2.11 bits per heavy atom. The van der Waals surface area contributed by atoms with E-state index in [0.29, 0.717) is 0 Å². The van der Waals surface area contributed by atoms with Crippen molar-refractivity contribution in [3.63, 3.8) is 0 Å². The van der Waals surface area contributed by atoms with Crippen LogP contribution in [-0.2, 0) is 11.3 Å². The lowest BCUT2D eigenvalue weighted by atomic mass is 9.96. The number of carbonyl (C=O) groups excluding carboxylic acids is 1. The first kappa shape index (κ1) is 14.4. The van der Waals surface area contributed by atoms with Gasteiger partial charge in [0.25, 0.3) is 5.56 Å². The van der Waals surface area contributed by atoms with Crippen molar-refractivity contribution in [2.45, 2.75) is 33.4 Å². The summed E-state index contributed by atoms with van der Waals surface area (Å²) in [5, 5.41) is 12.4. The van der Waals surface area contributed by atoms with Crippen molar-refractivity contribution < 1.29 is 9.90 Å². The van der Waals surface area contributed by atoms with Gasteiger partial charge in [-0.05, 0) is 6.07 Å². The summed E-state index contributed by atoms with van der Waals surface area (Å²) in [4.78, 5) is 23.0. The fraction of sp³-hybridized carbons (Fsp3) is 0.538. The second-order valence-electron chi connectivity index (χ2n) is 5.31. The molecule has 0 spiro atoms. The Morgan fingerprint density at radius 3 is 2.67 bits per heavy atom. The van der Waals surface area contributed by atoms with Crippen LogP contribution in [-0.4, -0.2) is 28.2 Å². The van der Waals surface area contributed by atoms with E-state index < -0.39 is 11.5 Å².